The average molecular weight is 597 g/mol. The molecule has 236 valence electrons. The fraction of sp³-hybridized carbons (Fsp3) is 0.806. The van der Waals surface area contributed by atoms with Gasteiger partial charge in [-0.15, -0.1) is 0 Å². The van der Waals surface area contributed by atoms with Gasteiger partial charge in [0.15, 0.2) is 5.78 Å². The summed E-state index contributed by atoms with van der Waals surface area (Å²) >= 11 is 0. The average Bonchev–Trinajstić information content (AvgIpc) is 3.30. The van der Waals surface area contributed by atoms with E-state index in [1.54, 1.807) is 0 Å². The number of nitriles is 1. The Bertz CT molecular complexity index is 1330. The van der Waals surface area contributed by atoms with Gasteiger partial charge in [-0.1, -0.05) is 53.2 Å². The quantitative estimate of drug-likeness (QED) is 0.372. The number of carbonyl (C=O) groups is 2. The molecule has 43 heavy (non-hydrogen) atoms. The van der Waals surface area contributed by atoms with Crippen LogP contribution >= 0.6 is 0 Å². The van der Waals surface area contributed by atoms with Crippen molar-refractivity contribution in [2.75, 3.05) is 13.1 Å². The van der Waals surface area contributed by atoms with Crippen molar-refractivity contribution in [3.8, 4) is 6.07 Å². The minimum absolute atomic E-state index is 0.0676. The Balaban J connectivity index is 1.37. The molecule has 0 aromatic rings. The summed E-state index contributed by atoms with van der Waals surface area (Å²) in [6, 6.07) is 2.25. The molecule has 0 radical (unpaired) electrons. The molecule has 9 atom stereocenters. The van der Waals surface area contributed by atoms with Crippen molar-refractivity contribution in [3.63, 3.8) is 0 Å². The van der Waals surface area contributed by atoms with Gasteiger partial charge in [-0.3, -0.25) is 9.59 Å². The van der Waals surface area contributed by atoms with Crippen LogP contribution in [0.1, 0.15) is 106 Å². The Morgan fingerprint density at radius 2 is 1.77 bits per heavy atom. The molecule has 1 N–H and O–H groups in total. The number of allylic oxidation sites excluding steroid dienone is 3. The van der Waals surface area contributed by atoms with E-state index in [2.05, 4.69) is 40.7 Å². The maximum atomic E-state index is 14.6. The van der Waals surface area contributed by atoms with E-state index < -0.39 is 24.0 Å². The number of rotatable bonds is 3. The summed E-state index contributed by atoms with van der Waals surface area (Å²) in [6.45, 7) is 13.2. The van der Waals surface area contributed by atoms with Crippen molar-refractivity contribution in [1.82, 2.24) is 4.90 Å². The molecular weight excluding hydrogens is 546 g/mol. The van der Waals surface area contributed by atoms with Crippen LogP contribution in [0, 0.1) is 62.1 Å². The Labute approximate surface area is 256 Å². The summed E-state index contributed by atoms with van der Waals surface area (Å²) in [5.41, 5.74) is 0.512. The van der Waals surface area contributed by atoms with E-state index in [0.29, 0.717) is 12.0 Å². The zero-order valence-corrected chi connectivity index (χ0v) is 26.9. The summed E-state index contributed by atoms with van der Waals surface area (Å²) in [5.74, 6) is -2.72. The fourth-order valence-corrected chi connectivity index (χ4v) is 11.4. The highest BCUT2D eigenvalue weighted by Gasteiger charge is 2.68. The molecule has 2 unspecified atom stereocenters. The number of aliphatic hydroxyl groups is 1. The minimum Gasteiger partial charge on any atom is -0.387 e. The van der Waals surface area contributed by atoms with Gasteiger partial charge in [0.1, 0.15) is 0 Å². The van der Waals surface area contributed by atoms with E-state index in [1.807, 2.05) is 19.1 Å². The molecule has 0 bridgehead atoms. The highest BCUT2D eigenvalue weighted by Crippen LogP contribution is 2.74. The van der Waals surface area contributed by atoms with Crippen LogP contribution in [0.3, 0.4) is 0 Å². The molecule has 7 heteroatoms. The first-order valence-corrected chi connectivity index (χ1v) is 16.7. The molecule has 1 amide bonds. The molecule has 6 aliphatic rings. The van der Waals surface area contributed by atoms with Gasteiger partial charge in [0, 0.05) is 30.7 Å². The third-order valence-corrected chi connectivity index (χ3v) is 14.2. The molecule has 0 aromatic heterocycles. The first kappa shape index (κ1) is 30.9. The lowest BCUT2D eigenvalue weighted by molar-refractivity contribution is -0.172. The molecule has 3 saturated carbocycles. The van der Waals surface area contributed by atoms with Crippen LogP contribution in [0.15, 0.2) is 23.3 Å². The number of halogens is 2. The minimum atomic E-state index is -2.79. The Morgan fingerprint density at radius 3 is 2.42 bits per heavy atom. The number of likely N-dealkylation sites (tertiary alicyclic amines) is 1. The van der Waals surface area contributed by atoms with Gasteiger partial charge in [-0.05, 0) is 96.9 Å². The van der Waals surface area contributed by atoms with Crippen LogP contribution < -0.4 is 0 Å². The van der Waals surface area contributed by atoms with Crippen molar-refractivity contribution in [1.29, 1.82) is 5.26 Å². The van der Waals surface area contributed by atoms with E-state index in [9.17, 15) is 28.7 Å². The van der Waals surface area contributed by atoms with Gasteiger partial charge >= 0.3 is 0 Å². The van der Waals surface area contributed by atoms with Gasteiger partial charge < -0.3 is 10.0 Å². The number of aliphatic hydroxyl groups excluding tert-OH is 1. The van der Waals surface area contributed by atoms with Gasteiger partial charge in [0.05, 0.1) is 24.3 Å². The van der Waals surface area contributed by atoms with Crippen molar-refractivity contribution >= 4 is 11.7 Å². The summed E-state index contributed by atoms with van der Waals surface area (Å²) in [6.07, 6.45) is 10.5. The van der Waals surface area contributed by atoms with E-state index in [-0.39, 0.29) is 76.4 Å². The van der Waals surface area contributed by atoms with E-state index in [1.165, 1.54) is 4.90 Å². The predicted octanol–water partition coefficient (Wildman–Crippen LogP) is 7.26. The standard InChI is InChI=1S/C36H50F2N2O3/c1-22-24-7-9-33(5)27(32(24,4)18-23(20-39)30(22)43)17-26(41)29-25-19-31(2,3)11-13-35(25,14-12-34(29,33)6)10-8-28(42)40-16-15-36(37,38)21-40/h17-18,22,24-25,29-30,43H,7-16,19,21H2,1-6H3/t22-,24-,25?,29+,30?,32-,33+,34+,35+/m0/s1. The van der Waals surface area contributed by atoms with E-state index >= 15 is 0 Å². The van der Waals surface area contributed by atoms with Crippen LogP contribution in [0.25, 0.3) is 0 Å². The number of ketones is 1. The predicted molar refractivity (Wildman–Crippen MR) is 161 cm³/mol. The summed E-state index contributed by atoms with van der Waals surface area (Å²) in [4.78, 5) is 29.1. The van der Waals surface area contributed by atoms with Gasteiger partial charge in [0.2, 0.25) is 5.91 Å². The SMILES string of the molecule is C[C@@H]1C(O)C(C#N)=C[C@]2(C)C3=CC(=O)[C@H]4C5CC(C)(C)CC[C@]5(CCC(=O)N5CCC(F)(F)C5)CC[C@@]4(C)[C@]3(C)CC[C@@H]12. The number of hydrogen-bond acceptors (Lipinski definition) is 4. The second-order valence-electron chi connectivity index (χ2n) is 16.9. The van der Waals surface area contributed by atoms with Crippen molar-refractivity contribution in [2.45, 2.75) is 118 Å². The molecule has 4 fully saturated rings. The smallest absolute Gasteiger partial charge is 0.267 e. The molecule has 1 saturated heterocycles. The monoisotopic (exact) mass is 596 g/mol. The number of fused-ring (bicyclic) bond motifs is 7. The van der Waals surface area contributed by atoms with Crippen molar-refractivity contribution in [3.05, 3.63) is 23.3 Å². The highest BCUT2D eigenvalue weighted by atomic mass is 19.3. The summed E-state index contributed by atoms with van der Waals surface area (Å²) in [5, 5.41) is 20.8. The molecule has 0 aromatic carbocycles. The van der Waals surface area contributed by atoms with Crippen LogP contribution in [-0.2, 0) is 9.59 Å². The fourth-order valence-electron chi connectivity index (χ4n) is 11.4. The second-order valence-corrected chi connectivity index (χ2v) is 16.9. The Morgan fingerprint density at radius 1 is 1.07 bits per heavy atom. The summed E-state index contributed by atoms with van der Waals surface area (Å²) in [7, 11) is 0. The first-order valence-electron chi connectivity index (χ1n) is 16.7. The zero-order chi connectivity index (χ0) is 31.4. The van der Waals surface area contributed by atoms with E-state index in [4.69, 9.17) is 0 Å². The maximum absolute atomic E-state index is 14.6. The third kappa shape index (κ3) is 4.43. The lowest BCUT2D eigenvalue weighted by Crippen LogP contribution is -2.64. The van der Waals surface area contributed by atoms with Gasteiger partial charge in [-0.25, -0.2) is 8.78 Å². The summed E-state index contributed by atoms with van der Waals surface area (Å²) < 4.78 is 27.8. The van der Waals surface area contributed by atoms with Gasteiger partial charge in [-0.2, -0.15) is 5.26 Å². The number of amides is 1. The largest absolute Gasteiger partial charge is 0.387 e. The molecule has 0 spiro atoms. The lowest BCUT2D eigenvalue weighted by Gasteiger charge is -2.69. The zero-order valence-electron chi connectivity index (χ0n) is 26.9. The van der Waals surface area contributed by atoms with Crippen LogP contribution in [0.2, 0.25) is 0 Å². The van der Waals surface area contributed by atoms with Crippen molar-refractivity contribution in [2.24, 2.45) is 50.7 Å². The Hall–Kier alpha value is -2.07. The molecule has 1 aliphatic heterocycles. The van der Waals surface area contributed by atoms with Crippen LogP contribution in [-0.4, -0.2) is 46.8 Å². The molecule has 1 heterocycles. The lowest BCUT2D eigenvalue weighted by atomic mass is 9.34. The third-order valence-electron chi connectivity index (χ3n) is 14.2. The van der Waals surface area contributed by atoms with E-state index in [0.717, 1.165) is 50.5 Å². The number of carbonyl (C=O) groups excluding carboxylic acids is 2. The maximum Gasteiger partial charge on any atom is 0.267 e. The Kier molecular flexibility index (Phi) is 6.99. The highest BCUT2D eigenvalue weighted by molar-refractivity contribution is 5.95. The normalized spacial score (nSPS) is 46.4. The van der Waals surface area contributed by atoms with Crippen LogP contribution in [0.4, 0.5) is 8.78 Å². The topological polar surface area (TPSA) is 81.4 Å². The molecule has 5 nitrogen and oxygen atoms in total. The number of alkyl halides is 2. The van der Waals surface area contributed by atoms with Gasteiger partial charge in [0.25, 0.3) is 5.92 Å². The number of hydrogen-bond donors (Lipinski definition) is 1. The van der Waals surface area contributed by atoms with Crippen LogP contribution in [0.5, 0.6) is 0 Å². The van der Waals surface area contributed by atoms with Crippen molar-refractivity contribution < 1.29 is 23.5 Å². The number of nitrogens with zero attached hydrogens (tertiary/aromatic N) is 2. The molecule has 5 aliphatic carbocycles. The molecule has 6 rings (SSSR count). The molecular formula is C36H50F2N2O3. The first-order chi connectivity index (χ1) is 19.9. The second kappa shape index (κ2) is 9.71.